The number of benzene rings is 1. The highest BCUT2D eigenvalue weighted by Crippen LogP contribution is 2.29. The maximum atomic E-state index is 5.85. The van der Waals surface area contributed by atoms with Crippen molar-refractivity contribution in [3.05, 3.63) is 59.8 Å². The average Bonchev–Trinajstić information content (AvgIpc) is 3.13. The molecular weight excluding hydrogens is 340 g/mol. The van der Waals surface area contributed by atoms with E-state index < -0.39 is 0 Å². The molecular formula is C20H24N6O. The van der Waals surface area contributed by atoms with Crippen LogP contribution >= 0.6 is 0 Å². The van der Waals surface area contributed by atoms with Crippen LogP contribution in [0.25, 0.3) is 0 Å². The Morgan fingerprint density at radius 2 is 1.93 bits per heavy atom. The maximum absolute atomic E-state index is 5.85. The van der Waals surface area contributed by atoms with Crippen LogP contribution in [0.2, 0.25) is 0 Å². The van der Waals surface area contributed by atoms with Crippen molar-refractivity contribution in [2.75, 3.05) is 11.4 Å². The first-order chi connectivity index (χ1) is 13.1. The highest BCUT2D eigenvalue weighted by molar-refractivity contribution is 5.36. The zero-order chi connectivity index (χ0) is 18.8. The fourth-order valence-corrected chi connectivity index (χ4v) is 3.39. The molecule has 0 radical (unpaired) electrons. The van der Waals surface area contributed by atoms with E-state index in [0.29, 0.717) is 24.4 Å². The molecule has 1 aliphatic heterocycles. The number of ether oxygens (including phenoxy) is 1. The van der Waals surface area contributed by atoms with E-state index in [1.807, 2.05) is 30.3 Å². The predicted molar refractivity (Wildman–Crippen MR) is 103 cm³/mol. The van der Waals surface area contributed by atoms with Gasteiger partial charge in [-0.25, -0.2) is 4.98 Å². The highest BCUT2D eigenvalue weighted by atomic mass is 16.5. The molecule has 0 aliphatic carbocycles. The van der Waals surface area contributed by atoms with Gasteiger partial charge in [-0.05, 0) is 12.5 Å². The third-order valence-corrected chi connectivity index (χ3v) is 4.83. The van der Waals surface area contributed by atoms with E-state index in [1.165, 1.54) is 0 Å². The lowest BCUT2D eigenvalue weighted by atomic mass is 10.1. The Balaban J connectivity index is 1.52. The van der Waals surface area contributed by atoms with Crippen LogP contribution in [0.1, 0.15) is 49.9 Å². The first-order valence-corrected chi connectivity index (χ1v) is 9.33. The number of rotatable bonds is 5. The first-order valence-electron chi connectivity index (χ1n) is 9.33. The van der Waals surface area contributed by atoms with E-state index in [2.05, 4.69) is 50.4 Å². The lowest BCUT2D eigenvalue weighted by molar-refractivity contribution is 0.293. The monoisotopic (exact) mass is 364 g/mol. The van der Waals surface area contributed by atoms with Crippen molar-refractivity contribution in [1.29, 1.82) is 0 Å². The molecule has 1 aliphatic rings. The van der Waals surface area contributed by atoms with Crippen molar-refractivity contribution < 1.29 is 4.74 Å². The van der Waals surface area contributed by atoms with E-state index in [9.17, 15) is 0 Å². The minimum atomic E-state index is 0.0584. The summed E-state index contributed by atoms with van der Waals surface area (Å²) in [5.41, 5.74) is 1.11. The van der Waals surface area contributed by atoms with Crippen molar-refractivity contribution in [3.63, 3.8) is 0 Å². The van der Waals surface area contributed by atoms with Gasteiger partial charge in [-0.1, -0.05) is 44.2 Å². The fourth-order valence-electron chi connectivity index (χ4n) is 3.39. The molecule has 7 nitrogen and oxygen atoms in total. The van der Waals surface area contributed by atoms with E-state index in [4.69, 9.17) is 4.74 Å². The molecule has 0 spiro atoms. The molecule has 1 atom stereocenters. The molecule has 1 aromatic carbocycles. The average molecular weight is 364 g/mol. The second-order valence-corrected chi connectivity index (χ2v) is 7.06. The van der Waals surface area contributed by atoms with Crippen molar-refractivity contribution in [1.82, 2.24) is 24.7 Å². The second kappa shape index (κ2) is 7.34. The van der Waals surface area contributed by atoms with Crippen LogP contribution in [0, 0.1) is 0 Å². The van der Waals surface area contributed by atoms with Gasteiger partial charge in [0, 0.05) is 31.3 Å². The highest BCUT2D eigenvalue weighted by Gasteiger charge is 2.30. The normalized spacial score (nSPS) is 16.4. The number of anilines is 1. The molecule has 0 amide bonds. The molecule has 0 saturated carbocycles. The van der Waals surface area contributed by atoms with Gasteiger partial charge in [0.05, 0.1) is 6.04 Å². The summed E-state index contributed by atoms with van der Waals surface area (Å²) < 4.78 is 8.08. The third-order valence-electron chi connectivity index (χ3n) is 4.83. The summed E-state index contributed by atoms with van der Waals surface area (Å²) in [6, 6.07) is 11.9. The predicted octanol–water partition coefficient (Wildman–Crippen LogP) is 3.35. The van der Waals surface area contributed by atoms with Crippen LogP contribution in [0.15, 0.2) is 42.6 Å². The quantitative estimate of drug-likeness (QED) is 0.691. The van der Waals surface area contributed by atoms with Crippen LogP contribution < -0.4 is 9.64 Å². The van der Waals surface area contributed by atoms with Crippen LogP contribution in [-0.4, -0.2) is 31.3 Å². The van der Waals surface area contributed by atoms with Gasteiger partial charge in [0.25, 0.3) is 0 Å². The minimum Gasteiger partial charge on any atom is -0.473 e. The van der Waals surface area contributed by atoms with Gasteiger partial charge >= 0.3 is 0 Å². The number of nitrogens with zero attached hydrogens (tertiary/aromatic N) is 6. The Morgan fingerprint density at radius 1 is 1.11 bits per heavy atom. The topological polar surface area (TPSA) is 69.0 Å². The molecule has 7 heteroatoms. The van der Waals surface area contributed by atoms with Gasteiger partial charge in [0.1, 0.15) is 12.4 Å². The van der Waals surface area contributed by atoms with Gasteiger partial charge in [-0.2, -0.15) is 4.98 Å². The number of hydrogen-bond acceptors (Lipinski definition) is 6. The fraction of sp³-hybridized carbons (Fsp3) is 0.400. The molecule has 140 valence electrons. The maximum Gasteiger partial charge on any atom is 0.229 e. The van der Waals surface area contributed by atoms with Crippen molar-refractivity contribution in [2.45, 2.75) is 45.9 Å². The summed E-state index contributed by atoms with van der Waals surface area (Å²) in [5, 5.41) is 8.79. The van der Waals surface area contributed by atoms with Crippen molar-refractivity contribution in [2.24, 2.45) is 0 Å². The molecule has 0 N–H and O–H groups in total. The van der Waals surface area contributed by atoms with Gasteiger partial charge in [0.15, 0.2) is 5.82 Å². The van der Waals surface area contributed by atoms with Gasteiger partial charge < -0.3 is 14.2 Å². The number of aromatic nitrogens is 5. The van der Waals surface area contributed by atoms with E-state index in [0.717, 1.165) is 30.3 Å². The van der Waals surface area contributed by atoms with Gasteiger partial charge in [-0.15, -0.1) is 10.2 Å². The Kier molecular flexibility index (Phi) is 4.75. The zero-order valence-corrected chi connectivity index (χ0v) is 15.9. The Morgan fingerprint density at radius 3 is 2.70 bits per heavy atom. The number of hydrogen-bond donors (Lipinski definition) is 0. The lowest BCUT2D eigenvalue weighted by Crippen LogP contribution is -2.38. The molecule has 2 aromatic heterocycles. The molecule has 1 unspecified atom stereocenters. The molecule has 0 saturated heterocycles. The summed E-state index contributed by atoms with van der Waals surface area (Å²) in [6.07, 6.45) is 1.74. The smallest absolute Gasteiger partial charge is 0.229 e. The van der Waals surface area contributed by atoms with Crippen molar-refractivity contribution in [3.8, 4) is 5.88 Å². The minimum absolute atomic E-state index is 0.0584. The van der Waals surface area contributed by atoms with Crippen LogP contribution in [0.4, 0.5) is 5.95 Å². The second-order valence-electron chi connectivity index (χ2n) is 7.06. The van der Waals surface area contributed by atoms with E-state index >= 15 is 0 Å². The summed E-state index contributed by atoms with van der Waals surface area (Å²) in [6.45, 7) is 8.53. The molecule has 3 aromatic rings. The molecule has 0 fully saturated rings. The Hall–Kier alpha value is -2.96. The van der Waals surface area contributed by atoms with Crippen LogP contribution in [0.5, 0.6) is 5.88 Å². The third kappa shape index (κ3) is 3.49. The first kappa shape index (κ1) is 17.5. The van der Waals surface area contributed by atoms with Crippen LogP contribution in [0.3, 0.4) is 0 Å². The standard InChI is InChI=1S/C20H24N6O/c1-14(2)18-23-24-19-15(3)25(11-12-26(18)19)20-21-10-9-17(22-20)27-13-16-7-5-4-6-8-16/h4-10,14-15H,11-13H2,1-3H3. The molecule has 4 rings (SSSR count). The Labute approximate surface area is 159 Å². The molecule has 3 heterocycles. The number of fused-ring (bicyclic) bond motifs is 1. The molecule has 27 heavy (non-hydrogen) atoms. The zero-order valence-electron chi connectivity index (χ0n) is 15.9. The lowest BCUT2D eigenvalue weighted by Gasteiger charge is -2.34. The Bertz CT molecular complexity index is 908. The van der Waals surface area contributed by atoms with Gasteiger partial charge in [-0.3, -0.25) is 0 Å². The van der Waals surface area contributed by atoms with E-state index in [1.54, 1.807) is 12.3 Å². The van der Waals surface area contributed by atoms with Crippen LogP contribution in [-0.2, 0) is 13.2 Å². The van der Waals surface area contributed by atoms with Crippen molar-refractivity contribution >= 4 is 5.95 Å². The van der Waals surface area contributed by atoms with E-state index in [-0.39, 0.29) is 6.04 Å². The largest absolute Gasteiger partial charge is 0.473 e. The summed E-state index contributed by atoms with van der Waals surface area (Å²) >= 11 is 0. The summed E-state index contributed by atoms with van der Waals surface area (Å²) in [5.74, 6) is 3.59. The molecule has 0 bridgehead atoms. The van der Waals surface area contributed by atoms with Gasteiger partial charge in [0.2, 0.25) is 11.8 Å². The summed E-state index contributed by atoms with van der Waals surface area (Å²) in [7, 11) is 0. The summed E-state index contributed by atoms with van der Waals surface area (Å²) in [4.78, 5) is 11.2. The SMILES string of the molecule is CC(C)c1nnc2n1CCN(c1nccc(OCc3ccccc3)n1)C2C.